The van der Waals surface area contributed by atoms with Crippen molar-refractivity contribution in [3.05, 3.63) is 35.4 Å². The van der Waals surface area contributed by atoms with Gasteiger partial charge in [0, 0.05) is 12.6 Å². The second kappa shape index (κ2) is 7.21. The molecule has 1 aromatic carbocycles. The van der Waals surface area contributed by atoms with Crippen LogP contribution in [0.25, 0.3) is 0 Å². The molecule has 0 radical (unpaired) electrons. The number of alkyl halides is 3. The summed E-state index contributed by atoms with van der Waals surface area (Å²) >= 11 is 0. The van der Waals surface area contributed by atoms with E-state index in [0.717, 1.165) is 18.9 Å². The molecular formula is C16H21F3N2O2. The monoisotopic (exact) mass is 330 g/mol. The Morgan fingerprint density at radius 2 is 2.13 bits per heavy atom. The van der Waals surface area contributed by atoms with Gasteiger partial charge in [-0.25, -0.2) is 4.79 Å². The third-order valence-corrected chi connectivity index (χ3v) is 4.07. The van der Waals surface area contributed by atoms with Crippen LogP contribution in [0, 0.1) is 0 Å². The molecule has 0 spiro atoms. The van der Waals surface area contributed by atoms with Crippen LogP contribution in [0.4, 0.5) is 18.0 Å². The van der Waals surface area contributed by atoms with Crippen molar-refractivity contribution < 1.29 is 23.1 Å². The number of likely N-dealkylation sites (tertiary alicyclic amines) is 1. The van der Waals surface area contributed by atoms with E-state index in [1.54, 1.807) is 17.9 Å². The maximum atomic E-state index is 13.0. The summed E-state index contributed by atoms with van der Waals surface area (Å²) in [6.45, 7) is 2.14. The summed E-state index contributed by atoms with van der Waals surface area (Å²) in [4.78, 5) is 13.7. The first-order chi connectivity index (χ1) is 10.8. The Morgan fingerprint density at radius 1 is 1.43 bits per heavy atom. The van der Waals surface area contributed by atoms with Crippen molar-refractivity contribution in [1.29, 1.82) is 0 Å². The molecule has 0 aromatic heterocycles. The number of nitrogens with zero attached hydrogens (tertiary/aromatic N) is 1. The van der Waals surface area contributed by atoms with Gasteiger partial charge in [0.15, 0.2) is 0 Å². The summed E-state index contributed by atoms with van der Waals surface area (Å²) < 4.78 is 38.9. The molecule has 1 fully saturated rings. The van der Waals surface area contributed by atoms with E-state index in [0.29, 0.717) is 6.54 Å². The highest BCUT2D eigenvalue weighted by molar-refractivity contribution is 5.75. The molecule has 0 bridgehead atoms. The number of carbonyl (C=O) groups excluding carboxylic acids is 1. The molecule has 128 valence electrons. The van der Waals surface area contributed by atoms with Gasteiger partial charge in [0.1, 0.15) is 0 Å². The van der Waals surface area contributed by atoms with E-state index < -0.39 is 17.8 Å². The number of aliphatic hydroxyl groups excluding tert-OH is 1. The Labute approximate surface area is 133 Å². The lowest BCUT2D eigenvalue weighted by Gasteiger charge is -2.26. The van der Waals surface area contributed by atoms with E-state index >= 15 is 0 Å². The Balaban J connectivity index is 2.00. The normalized spacial score (nSPS) is 19.7. The van der Waals surface area contributed by atoms with Crippen LogP contribution in [0.3, 0.4) is 0 Å². The summed E-state index contributed by atoms with van der Waals surface area (Å²) in [5.41, 5.74) is -0.511. The van der Waals surface area contributed by atoms with Crippen LogP contribution >= 0.6 is 0 Å². The maximum Gasteiger partial charge on any atom is 0.416 e. The average molecular weight is 330 g/mol. The molecule has 1 heterocycles. The van der Waals surface area contributed by atoms with Crippen molar-refractivity contribution in [2.24, 2.45) is 0 Å². The van der Waals surface area contributed by atoms with Crippen LogP contribution in [0.15, 0.2) is 24.3 Å². The van der Waals surface area contributed by atoms with Crippen molar-refractivity contribution in [3.63, 3.8) is 0 Å². The predicted molar refractivity (Wildman–Crippen MR) is 80.0 cm³/mol. The highest BCUT2D eigenvalue weighted by atomic mass is 19.4. The van der Waals surface area contributed by atoms with Gasteiger partial charge in [-0.3, -0.25) is 0 Å². The molecule has 2 atom stereocenters. The van der Waals surface area contributed by atoms with Crippen molar-refractivity contribution in [2.75, 3.05) is 13.2 Å². The Morgan fingerprint density at radius 3 is 2.78 bits per heavy atom. The molecule has 2 rings (SSSR count). The minimum absolute atomic E-state index is 0.0963. The number of urea groups is 1. The third-order valence-electron chi connectivity index (χ3n) is 4.07. The molecule has 2 N–H and O–H groups in total. The number of carbonyl (C=O) groups is 1. The van der Waals surface area contributed by atoms with E-state index in [2.05, 4.69) is 5.32 Å². The van der Waals surface area contributed by atoms with Gasteiger partial charge in [0.2, 0.25) is 0 Å². The van der Waals surface area contributed by atoms with E-state index in [-0.39, 0.29) is 30.7 Å². The lowest BCUT2D eigenvalue weighted by Crippen LogP contribution is -2.47. The Hall–Kier alpha value is -1.76. The fraction of sp³-hybridized carbons (Fsp3) is 0.562. The summed E-state index contributed by atoms with van der Waals surface area (Å²) in [6.07, 6.45) is -2.74. The number of hydrogen-bond donors (Lipinski definition) is 2. The molecule has 2 unspecified atom stereocenters. The zero-order valence-electron chi connectivity index (χ0n) is 12.9. The SMILES string of the molecule is CC(Cc1ccccc1C(F)(F)F)NC(=O)N1CCCC1CO. The van der Waals surface area contributed by atoms with Crippen LogP contribution in [-0.4, -0.2) is 41.3 Å². The fourth-order valence-corrected chi connectivity index (χ4v) is 2.94. The summed E-state index contributed by atoms with van der Waals surface area (Å²) in [5.74, 6) is 0. The Bertz CT molecular complexity index is 548. The van der Waals surface area contributed by atoms with Gasteiger partial charge in [-0.1, -0.05) is 18.2 Å². The number of nitrogens with one attached hydrogen (secondary N) is 1. The lowest BCUT2D eigenvalue weighted by atomic mass is 10.0. The first-order valence-electron chi connectivity index (χ1n) is 7.66. The van der Waals surface area contributed by atoms with Crippen LogP contribution in [-0.2, 0) is 12.6 Å². The molecule has 1 aliphatic heterocycles. The molecule has 7 heteroatoms. The van der Waals surface area contributed by atoms with E-state index in [9.17, 15) is 23.1 Å². The number of aliphatic hydroxyl groups is 1. The van der Waals surface area contributed by atoms with Gasteiger partial charge in [0.05, 0.1) is 18.2 Å². The summed E-state index contributed by atoms with van der Waals surface area (Å²) in [5, 5.41) is 12.0. The van der Waals surface area contributed by atoms with Gasteiger partial charge < -0.3 is 15.3 Å². The summed E-state index contributed by atoms with van der Waals surface area (Å²) in [7, 11) is 0. The van der Waals surface area contributed by atoms with Crippen molar-refractivity contribution in [3.8, 4) is 0 Å². The molecule has 1 aromatic rings. The lowest BCUT2D eigenvalue weighted by molar-refractivity contribution is -0.138. The topological polar surface area (TPSA) is 52.6 Å². The quantitative estimate of drug-likeness (QED) is 0.892. The third kappa shape index (κ3) is 4.37. The van der Waals surface area contributed by atoms with Crippen molar-refractivity contribution in [2.45, 2.75) is 44.4 Å². The van der Waals surface area contributed by atoms with Crippen LogP contribution in [0.2, 0.25) is 0 Å². The van der Waals surface area contributed by atoms with Crippen LogP contribution < -0.4 is 5.32 Å². The molecular weight excluding hydrogens is 309 g/mol. The number of rotatable bonds is 4. The average Bonchev–Trinajstić information content (AvgIpc) is 2.95. The predicted octanol–water partition coefficient (Wildman–Crippen LogP) is 2.80. The van der Waals surface area contributed by atoms with Crippen LogP contribution in [0.5, 0.6) is 0 Å². The number of halogens is 3. The van der Waals surface area contributed by atoms with Gasteiger partial charge in [-0.15, -0.1) is 0 Å². The molecule has 23 heavy (non-hydrogen) atoms. The van der Waals surface area contributed by atoms with Gasteiger partial charge in [-0.2, -0.15) is 13.2 Å². The van der Waals surface area contributed by atoms with Gasteiger partial charge >= 0.3 is 12.2 Å². The second-order valence-corrected chi connectivity index (χ2v) is 5.88. The molecule has 4 nitrogen and oxygen atoms in total. The molecule has 1 saturated heterocycles. The van der Waals surface area contributed by atoms with E-state index in [4.69, 9.17) is 0 Å². The highest BCUT2D eigenvalue weighted by Gasteiger charge is 2.33. The maximum absolute atomic E-state index is 13.0. The highest BCUT2D eigenvalue weighted by Crippen LogP contribution is 2.32. The van der Waals surface area contributed by atoms with Crippen LogP contribution in [0.1, 0.15) is 30.9 Å². The van der Waals surface area contributed by atoms with Gasteiger partial charge in [-0.05, 0) is 37.8 Å². The number of benzene rings is 1. The first-order valence-corrected chi connectivity index (χ1v) is 7.66. The molecule has 2 amide bonds. The largest absolute Gasteiger partial charge is 0.416 e. The smallest absolute Gasteiger partial charge is 0.394 e. The van der Waals surface area contributed by atoms with Crippen molar-refractivity contribution >= 4 is 6.03 Å². The van der Waals surface area contributed by atoms with Gasteiger partial charge in [0.25, 0.3) is 0 Å². The standard InChI is InChI=1S/C16H21F3N2O2/c1-11(20-15(23)21-8-4-6-13(21)10-22)9-12-5-2-3-7-14(12)16(17,18)19/h2-3,5,7,11,13,22H,4,6,8-10H2,1H3,(H,20,23). The summed E-state index contributed by atoms with van der Waals surface area (Å²) in [6, 6.07) is 4.41. The second-order valence-electron chi connectivity index (χ2n) is 5.88. The number of hydrogen-bond acceptors (Lipinski definition) is 2. The van der Waals surface area contributed by atoms with E-state index in [1.165, 1.54) is 12.1 Å². The minimum atomic E-state index is -4.41. The Kier molecular flexibility index (Phi) is 5.51. The molecule has 1 aliphatic rings. The molecule has 0 aliphatic carbocycles. The first kappa shape index (κ1) is 17.6. The van der Waals surface area contributed by atoms with E-state index in [1.807, 2.05) is 0 Å². The fourth-order valence-electron chi connectivity index (χ4n) is 2.94. The van der Waals surface area contributed by atoms with Crippen molar-refractivity contribution in [1.82, 2.24) is 10.2 Å². The number of amides is 2. The minimum Gasteiger partial charge on any atom is -0.394 e. The zero-order chi connectivity index (χ0) is 17.0. The zero-order valence-corrected chi connectivity index (χ0v) is 12.9. The molecule has 0 saturated carbocycles.